The molecule has 0 spiro atoms. The van der Waals surface area contributed by atoms with Gasteiger partial charge in [-0.2, -0.15) is 0 Å². The van der Waals surface area contributed by atoms with Crippen molar-refractivity contribution in [3.05, 3.63) is 66.1 Å². The van der Waals surface area contributed by atoms with Gasteiger partial charge in [0.1, 0.15) is 17.1 Å². The van der Waals surface area contributed by atoms with Crippen molar-refractivity contribution in [3.63, 3.8) is 0 Å². The molecule has 0 saturated carbocycles. The van der Waals surface area contributed by atoms with E-state index in [0.717, 1.165) is 0 Å². The minimum Gasteiger partial charge on any atom is -0.508 e. The Labute approximate surface area is 103 Å². The fourth-order valence-corrected chi connectivity index (χ4v) is 1.82. The van der Waals surface area contributed by atoms with Gasteiger partial charge in [-0.1, -0.05) is 30.3 Å². The number of carbonyl (C=O) groups is 1. The zero-order valence-corrected chi connectivity index (χ0v) is 9.45. The first-order valence-electron chi connectivity index (χ1n) is 5.51. The van der Waals surface area contributed by atoms with Gasteiger partial charge in [-0.3, -0.25) is 4.79 Å². The van der Waals surface area contributed by atoms with Gasteiger partial charge in [0, 0.05) is 24.0 Å². The molecule has 1 N–H and O–H groups in total. The van der Waals surface area contributed by atoms with Crippen LogP contribution in [0.2, 0.25) is 0 Å². The van der Waals surface area contributed by atoms with E-state index in [4.69, 9.17) is 0 Å². The first kappa shape index (κ1) is 10.5. The molecule has 88 valence electrons. The van der Waals surface area contributed by atoms with Crippen molar-refractivity contribution in [1.82, 2.24) is 9.38 Å². The molecule has 3 rings (SSSR count). The number of hydrogen-bond donors (Lipinski definition) is 1. The number of aromatic nitrogens is 2. The maximum atomic E-state index is 12.2. The molecule has 4 heteroatoms. The van der Waals surface area contributed by atoms with Crippen LogP contribution in [0.15, 0.2) is 54.9 Å². The second kappa shape index (κ2) is 4.00. The third kappa shape index (κ3) is 1.73. The Bertz CT molecular complexity index is 717. The van der Waals surface area contributed by atoms with Crippen LogP contribution in [0.25, 0.3) is 5.65 Å². The molecule has 2 aromatic heterocycles. The number of hydrogen-bond acceptors (Lipinski definition) is 3. The number of carbonyl (C=O) groups excluding carboxylic acids is 1. The molecule has 0 unspecified atom stereocenters. The highest BCUT2D eigenvalue weighted by Gasteiger charge is 2.12. The summed E-state index contributed by atoms with van der Waals surface area (Å²) in [6, 6.07) is 12.1. The summed E-state index contributed by atoms with van der Waals surface area (Å²) in [6.07, 6.45) is 3.32. The Kier molecular flexibility index (Phi) is 2.34. The van der Waals surface area contributed by atoms with Gasteiger partial charge in [0.2, 0.25) is 5.78 Å². The minimum atomic E-state index is -0.126. The normalized spacial score (nSPS) is 10.7. The maximum absolute atomic E-state index is 12.2. The standard InChI is InChI=1S/C14H10N2O2/c17-11-6-7-16-9-12(15-13(16)8-11)14(18)10-4-2-1-3-5-10/h1-9,17H. The van der Waals surface area contributed by atoms with E-state index in [1.165, 1.54) is 6.07 Å². The van der Waals surface area contributed by atoms with E-state index in [1.54, 1.807) is 35.0 Å². The monoisotopic (exact) mass is 238 g/mol. The molecule has 2 heterocycles. The average molecular weight is 238 g/mol. The van der Waals surface area contributed by atoms with Gasteiger partial charge in [0.05, 0.1) is 0 Å². The van der Waals surface area contributed by atoms with E-state index in [1.807, 2.05) is 18.2 Å². The van der Waals surface area contributed by atoms with Gasteiger partial charge in [-0.15, -0.1) is 0 Å². The number of fused-ring (bicyclic) bond motifs is 1. The summed E-state index contributed by atoms with van der Waals surface area (Å²) < 4.78 is 1.70. The van der Waals surface area contributed by atoms with Crippen molar-refractivity contribution in [2.75, 3.05) is 0 Å². The molecule has 0 radical (unpaired) electrons. The Morgan fingerprint density at radius 2 is 1.94 bits per heavy atom. The van der Waals surface area contributed by atoms with Gasteiger partial charge >= 0.3 is 0 Å². The van der Waals surface area contributed by atoms with Crippen molar-refractivity contribution in [2.45, 2.75) is 0 Å². The smallest absolute Gasteiger partial charge is 0.212 e. The zero-order chi connectivity index (χ0) is 12.5. The van der Waals surface area contributed by atoms with Crippen LogP contribution < -0.4 is 0 Å². The highest BCUT2D eigenvalue weighted by atomic mass is 16.3. The first-order valence-corrected chi connectivity index (χ1v) is 5.51. The summed E-state index contributed by atoms with van der Waals surface area (Å²) in [7, 11) is 0. The molecular weight excluding hydrogens is 228 g/mol. The number of imidazole rings is 1. The van der Waals surface area contributed by atoms with Gasteiger partial charge in [-0.25, -0.2) is 4.98 Å². The van der Waals surface area contributed by atoms with E-state index >= 15 is 0 Å². The fraction of sp³-hybridized carbons (Fsp3) is 0. The molecule has 0 bridgehead atoms. The number of benzene rings is 1. The summed E-state index contributed by atoms with van der Waals surface area (Å²) in [5.41, 5.74) is 1.52. The van der Waals surface area contributed by atoms with Crippen LogP contribution in [0.4, 0.5) is 0 Å². The maximum Gasteiger partial charge on any atom is 0.212 e. The minimum absolute atomic E-state index is 0.126. The van der Waals surface area contributed by atoms with Crippen LogP contribution in [-0.2, 0) is 0 Å². The average Bonchev–Trinajstić information content (AvgIpc) is 2.81. The van der Waals surface area contributed by atoms with E-state index in [-0.39, 0.29) is 11.5 Å². The van der Waals surface area contributed by atoms with Crippen molar-refractivity contribution >= 4 is 11.4 Å². The van der Waals surface area contributed by atoms with Crippen molar-refractivity contribution in [3.8, 4) is 5.75 Å². The number of aromatic hydroxyl groups is 1. The Morgan fingerprint density at radius 3 is 2.72 bits per heavy atom. The van der Waals surface area contributed by atoms with Gasteiger partial charge < -0.3 is 9.51 Å². The van der Waals surface area contributed by atoms with Crippen LogP contribution in [0.3, 0.4) is 0 Å². The predicted molar refractivity (Wildman–Crippen MR) is 66.7 cm³/mol. The lowest BCUT2D eigenvalue weighted by molar-refractivity contribution is 0.103. The number of rotatable bonds is 2. The molecule has 4 nitrogen and oxygen atoms in total. The Hall–Kier alpha value is -2.62. The molecule has 0 aliphatic rings. The molecule has 1 aromatic carbocycles. The van der Waals surface area contributed by atoms with Crippen molar-refractivity contribution < 1.29 is 9.90 Å². The third-order valence-corrected chi connectivity index (χ3v) is 2.71. The molecular formula is C14H10N2O2. The largest absolute Gasteiger partial charge is 0.508 e. The van der Waals surface area contributed by atoms with Crippen LogP contribution in [-0.4, -0.2) is 20.3 Å². The summed E-state index contributed by atoms with van der Waals surface area (Å²) in [4.78, 5) is 16.4. The molecule has 0 aliphatic carbocycles. The zero-order valence-electron chi connectivity index (χ0n) is 9.45. The molecule has 18 heavy (non-hydrogen) atoms. The fourth-order valence-electron chi connectivity index (χ4n) is 1.82. The molecule has 0 fully saturated rings. The van der Waals surface area contributed by atoms with Crippen LogP contribution in [0.1, 0.15) is 16.1 Å². The van der Waals surface area contributed by atoms with E-state index in [0.29, 0.717) is 16.9 Å². The Morgan fingerprint density at radius 1 is 1.17 bits per heavy atom. The van der Waals surface area contributed by atoms with Crippen molar-refractivity contribution in [1.29, 1.82) is 0 Å². The highest BCUT2D eigenvalue weighted by Crippen LogP contribution is 2.15. The first-order chi connectivity index (χ1) is 8.74. The van der Waals surface area contributed by atoms with Crippen LogP contribution in [0, 0.1) is 0 Å². The second-order valence-corrected chi connectivity index (χ2v) is 3.97. The molecule has 3 aromatic rings. The van der Waals surface area contributed by atoms with Gasteiger partial charge in [0.25, 0.3) is 0 Å². The van der Waals surface area contributed by atoms with E-state index in [2.05, 4.69) is 4.98 Å². The van der Waals surface area contributed by atoms with E-state index < -0.39 is 0 Å². The molecule has 0 aliphatic heterocycles. The molecule has 0 saturated heterocycles. The second-order valence-electron chi connectivity index (χ2n) is 3.97. The summed E-state index contributed by atoms with van der Waals surface area (Å²) in [5, 5.41) is 9.36. The van der Waals surface area contributed by atoms with Crippen LogP contribution in [0.5, 0.6) is 5.75 Å². The number of nitrogens with zero attached hydrogens (tertiary/aromatic N) is 2. The topological polar surface area (TPSA) is 54.6 Å². The van der Waals surface area contributed by atoms with E-state index in [9.17, 15) is 9.90 Å². The number of pyridine rings is 1. The van der Waals surface area contributed by atoms with Gasteiger partial charge in [-0.05, 0) is 6.07 Å². The van der Waals surface area contributed by atoms with Crippen molar-refractivity contribution in [2.24, 2.45) is 0 Å². The predicted octanol–water partition coefficient (Wildman–Crippen LogP) is 2.27. The van der Waals surface area contributed by atoms with Gasteiger partial charge in [0.15, 0.2) is 0 Å². The quantitative estimate of drug-likeness (QED) is 0.697. The molecule has 0 atom stereocenters. The lowest BCUT2D eigenvalue weighted by atomic mass is 10.1. The lowest BCUT2D eigenvalue weighted by Gasteiger charge is -1.94. The molecule has 0 amide bonds. The number of ketones is 1. The third-order valence-electron chi connectivity index (χ3n) is 2.71. The SMILES string of the molecule is O=C(c1ccccc1)c1cn2ccc(O)cc2n1. The summed E-state index contributed by atoms with van der Waals surface area (Å²) in [5.74, 6) is 0.00519. The summed E-state index contributed by atoms with van der Waals surface area (Å²) in [6.45, 7) is 0. The highest BCUT2D eigenvalue weighted by molar-refractivity contribution is 6.07. The lowest BCUT2D eigenvalue weighted by Crippen LogP contribution is -2.00. The Balaban J connectivity index is 2.07. The summed E-state index contributed by atoms with van der Waals surface area (Å²) >= 11 is 0. The van der Waals surface area contributed by atoms with Crippen LogP contribution >= 0.6 is 0 Å².